The van der Waals surface area contributed by atoms with E-state index in [2.05, 4.69) is 39.1 Å². The van der Waals surface area contributed by atoms with Crippen LogP contribution >= 0.6 is 11.6 Å². The van der Waals surface area contributed by atoms with E-state index < -0.39 is 5.97 Å². The maximum Gasteiger partial charge on any atom is 0.300 e. The number of halogens is 1. The first-order valence-electron chi connectivity index (χ1n) is 12.9. The summed E-state index contributed by atoms with van der Waals surface area (Å²) in [6.45, 7) is 8.04. The Morgan fingerprint density at radius 2 is 1.78 bits per heavy atom. The van der Waals surface area contributed by atoms with Crippen molar-refractivity contribution >= 4 is 35.1 Å². The number of carboxylic acid groups (broad SMARTS) is 1. The number of carbonyl (C=O) groups is 2. The van der Waals surface area contributed by atoms with Gasteiger partial charge in [-0.2, -0.15) is 0 Å². The summed E-state index contributed by atoms with van der Waals surface area (Å²) < 4.78 is 6.16. The molecule has 0 unspecified atom stereocenters. The zero-order chi connectivity index (χ0) is 26.5. The van der Waals surface area contributed by atoms with Crippen LogP contribution < -0.4 is 5.73 Å². The highest BCUT2D eigenvalue weighted by molar-refractivity contribution is 6.30. The molecule has 0 bridgehead atoms. The van der Waals surface area contributed by atoms with Crippen molar-refractivity contribution in [3.05, 3.63) is 34.9 Å². The first-order chi connectivity index (χ1) is 17.7. The maximum absolute atomic E-state index is 13.0. The molecule has 2 atom stereocenters. The molecule has 1 amide bonds. The fourth-order valence-corrected chi connectivity index (χ4v) is 5.58. The van der Waals surface area contributed by atoms with Crippen LogP contribution in [0.1, 0.15) is 38.7 Å². The van der Waals surface area contributed by atoms with Crippen LogP contribution in [0.15, 0.2) is 34.5 Å². The van der Waals surface area contributed by atoms with Crippen LogP contribution in [0.2, 0.25) is 5.02 Å². The van der Waals surface area contributed by atoms with Gasteiger partial charge in [0.25, 0.3) is 11.9 Å². The Bertz CT molecular complexity index is 1010. The fraction of sp³-hybridized carbons (Fsp3) is 0.615. The summed E-state index contributed by atoms with van der Waals surface area (Å²) in [6, 6.07) is 8.71. The lowest BCUT2D eigenvalue weighted by molar-refractivity contribution is -0.161. The third kappa shape index (κ3) is 7.21. The minimum absolute atomic E-state index is 0.147. The molecular formula is C26H37ClN6O4. The van der Waals surface area contributed by atoms with Gasteiger partial charge in [-0.25, -0.2) is 0 Å². The molecule has 1 aromatic rings. The van der Waals surface area contributed by atoms with Gasteiger partial charge in [-0.05, 0) is 42.9 Å². The second-order valence-electron chi connectivity index (χ2n) is 10.4. The lowest BCUT2D eigenvalue weighted by Crippen LogP contribution is -2.62. The van der Waals surface area contributed by atoms with Crippen LogP contribution in [0, 0.1) is 5.92 Å². The molecular weight excluding hydrogens is 496 g/mol. The minimum Gasteiger partial charge on any atom is -0.481 e. The predicted octanol–water partition coefficient (Wildman–Crippen LogP) is 2.06. The second kappa shape index (κ2) is 12.2. The molecule has 0 saturated carbocycles. The molecule has 11 heteroatoms. The van der Waals surface area contributed by atoms with Crippen LogP contribution in [-0.4, -0.2) is 101 Å². The summed E-state index contributed by atoms with van der Waals surface area (Å²) in [5.74, 6) is 1.47. The molecule has 10 nitrogen and oxygen atoms in total. The molecule has 37 heavy (non-hydrogen) atoms. The first-order valence-corrected chi connectivity index (χ1v) is 13.3. The van der Waals surface area contributed by atoms with Crippen LogP contribution in [-0.2, 0) is 20.7 Å². The van der Waals surface area contributed by atoms with Gasteiger partial charge in [-0.3, -0.25) is 14.5 Å². The molecule has 3 N–H and O–H groups in total. The quantitative estimate of drug-likeness (QED) is 0.608. The summed E-state index contributed by atoms with van der Waals surface area (Å²) in [5.41, 5.74) is 7.05. The number of hydrogen-bond acceptors (Lipinski definition) is 8. The highest BCUT2D eigenvalue weighted by Gasteiger charge is 2.41. The monoisotopic (exact) mass is 532 g/mol. The zero-order valence-electron chi connectivity index (χ0n) is 21.6. The van der Waals surface area contributed by atoms with E-state index in [-0.39, 0.29) is 18.1 Å². The third-order valence-electron chi connectivity index (χ3n) is 7.30. The van der Waals surface area contributed by atoms with Crippen LogP contribution in [0.4, 0.5) is 0 Å². The van der Waals surface area contributed by atoms with E-state index in [1.165, 1.54) is 5.56 Å². The second-order valence-corrected chi connectivity index (χ2v) is 10.8. The molecule has 3 saturated heterocycles. The SMILES string of the molecule is CC(=O)O.CC1CN(C(=O)[C@H]2CN(C3CCN(C4=NN=C(N)C4)CC3)[C@@H](Cc3ccc(Cl)cc3)CO2)C1. The zero-order valence-corrected chi connectivity index (χ0v) is 22.3. The van der Waals surface area contributed by atoms with Crippen molar-refractivity contribution in [3.63, 3.8) is 0 Å². The summed E-state index contributed by atoms with van der Waals surface area (Å²) in [6.07, 6.45) is 3.21. The van der Waals surface area contributed by atoms with Crippen molar-refractivity contribution in [1.82, 2.24) is 14.7 Å². The number of nitrogens with two attached hydrogens (primary N) is 1. The highest BCUT2D eigenvalue weighted by Crippen LogP contribution is 2.28. The molecule has 3 fully saturated rings. The molecule has 5 rings (SSSR count). The Hall–Kier alpha value is -2.69. The smallest absolute Gasteiger partial charge is 0.300 e. The Morgan fingerprint density at radius 3 is 2.35 bits per heavy atom. The third-order valence-corrected chi connectivity index (χ3v) is 7.55. The van der Waals surface area contributed by atoms with Crippen LogP contribution in [0.5, 0.6) is 0 Å². The molecule has 0 aromatic heterocycles. The van der Waals surface area contributed by atoms with Crippen molar-refractivity contribution in [1.29, 1.82) is 0 Å². The van der Waals surface area contributed by atoms with Gasteiger partial charge in [-0.15, -0.1) is 10.2 Å². The summed E-state index contributed by atoms with van der Waals surface area (Å²) >= 11 is 6.09. The average Bonchev–Trinajstić information content (AvgIpc) is 3.29. The normalized spacial score (nSPS) is 25.1. The fourth-order valence-electron chi connectivity index (χ4n) is 5.45. The number of carboxylic acids is 1. The summed E-state index contributed by atoms with van der Waals surface area (Å²) in [7, 11) is 0. The van der Waals surface area contributed by atoms with E-state index in [9.17, 15) is 4.79 Å². The maximum atomic E-state index is 13.0. The van der Waals surface area contributed by atoms with Gasteiger partial charge in [0.2, 0.25) is 0 Å². The number of amides is 1. The molecule has 0 radical (unpaired) electrons. The molecule has 0 spiro atoms. The highest BCUT2D eigenvalue weighted by atomic mass is 35.5. The van der Waals surface area contributed by atoms with Gasteiger partial charge in [0.05, 0.1) is 13.0 Å². The average molecular weight is 533 g/mol. The van der Waals surface area contributed by atoms with E-state index >= 15 is 0 Å². The van der Waals surface area contributed by atoms with E-state index in [4.69, 9.17) is 32.0 Å². The molecule has 202 valence electrons. The standard InChI is InChI=1S/C24H33ClN6O2.C2H4O2/c1-16-12-30(13-16)24(32)21-14-31(20(15-33-21)10-17-2-4-18(25)5-3-17)19-6-8-29(9-7-19)23-11-22(26)27-28-23;1-2(3)4/h2-5,16,19-21H,6-15H2,1H3,(H2,26,27);1H3,(H,3,4)/t20-,21+;/m0./s1. The van der Waals surface area contributed by atoms with Crippen molar-refractivity contribution in [2.75, 3.05) is 39.3 Å². The van der Waals surface area contributed by atoms with E-state index in [0.717, 1.165) is 63.2 Å². The van der Waals surface area contributed by atoms with Gasteiger partial charge < -0.3 is 25.4 Å². The van der Waals surface area contributed by atoms with Crippen molar-refractivity contribution in [2.24, 2.45) is 21.9 Å². The van der Waals surface area contributed by atoms with E-state index in [1.54, 1.807) is 0 Å². The Kier molecular flexibility index (Phi) is 9.04. The number of amidine groups is 2. The van der Waals surface area contributed by atoms with Crippen LogP contribution in [0.3, 0.4) is 0 Å². The number of morpholine rings is 1. The molecule has 4 aliphatic heterocycles. The minimum atomic E-state index is -0.833. The van der Waals surface area contributed by atoms with Gasteiger partial charge in [-0.1, -0.05) is 30.7 Å². The van der Waals surface area contributed by atoms with Crippen molar-refractivity contribution in [2.45, 2.75) is 57.7 Å². The van der Waals surface area contributed by atoms with Gasteiger partial charge in [0, 0.05) is 56.8 Å². The summed E-state index contributed by atoms with van der Waals surface area (Å²) in [4.78, 5) is 28.8. The number of rotatable bonds is 4. The molecule has 1 aromatic carbocycles. The summed E-state index contributed by atoms with van der Waals surface area (Å²) in [5, 5.41) is 16.4. The first kappa shape index (κ1) is 27.3. The van der Waals surface area contributed by atoms with Gasteiger partial charge in [0.1, 0.15) is 17.8 Å². The predicted molar refractivity (Wildman–Crippen MR) is 143 cm³/mol. The van der Waals surface area contributed by atoms with Gasteiger partial charge >= 0.3 is 0 Å². The molecule has 4 heterocycles. The molecule has 4 aliphatic rings. The number of hydrogen-bond donors (Lipinski definition) is 2. The lowest BCUT2D eigenvalue weighted by Gasteiger charge is -2.48. The number of benzene rings is 1. The Labute approximate surface area is 223 Å². The number of ether oxygens (including phenoxy) is 1. The molecule has 0 aliphatic carbocycles. The largest absolute Gasteiger partial charge is 0.481 e. The van der Waals surface area contributed by atoms with Crippen molar-refractivity contribution < 1.29 is 19.4 Å². The number of likely N-dealkylation sites (tertiary alicyclic amines) is 2. The lowest BCUT2D eigenvalue weighted by atomic mass is 9.95. The van der Waals surface area contributed by atoms with E-state index in [0.29, 0.717) is 37.4 Å². The Balaban J connectivity index is 0.000000747. The number of aliphatic carboxylic acids is 1. The number of nitrogens with zero attached hydrogens (tertiary/aromatic N) is 5. The Morgan fingerprint density at radius 1 is 1.14 bits per heavy atom. The van der Waals surface area contributed by atoms with E-state index in [1.807, 2.05) is 17.0 Å². The topological polar surface area (TPSA) is 124 Å². The van der Waals surface area contributed by atoms with Crippen molar-refractivity contribution in [3.8, 4) is 0 Å². The number of carbonyl (C=O) groups excluding carboxylic acids is 1. The number of piperidine rings is 1. The van der Waals surface area contributed by atoms with Crippen LogP contribution in [0.25, 0.3) is 0 Å². The van der Waals surface area contributed by atoms with Gasteiger partial charge in [0.15, 0.2) is 0 Å².